The lowest BCUT2D eigenvalue weighted by atomic mass is 9.75. The van der Waals surface area contributed by atoms with E-state index in [9.17, 15) is 9.90 Å². The van der Waals surface area contributed by atoms with E-state index >= 15 is 0 Å². The number of carbonyl (C=O) groups is 1. The zero-order valence-electron chi connectivity index (χ0n) is 12.5. The van der Waals surface area contributed by atoms with Crippen LogP contribution in [0.25, 0.3) is 0 Å². The first-order valence-electron chi connectivity index (χ1n) is 7.79. The van der Waals surface area contributed by atoms with Crippen molar-refractivity contribution < 1.29 is 14.6 Å². The number of fused-ring (bicyclic) bond motifs is 1. The molecule has 4 nitrogen and oxygen atoms in total. The maximum Gasteiger partial charge on any atom is 0.309 e. The summed E-state index contributed by atoms with van der Waals surface area (Å²) in [6.07, 6.45) is 2.18. The van der Waals surface area contributed by atoms with Gasteiger partial charge in [0.25, 0.3) is 0 Å². The zero-order valence-corrected chi connectivity index (χ0v) is 12.5. The Kier molecular flexibility index (Phi) is 4.00. The minimum Gasteiger partial charge on any atom is -0.481 e. The fraction of sp³-hybridized carbons (Fsp3) is 0.588. The van der Waals surface area contributed by atoms with Crippen LogP contribution in [0.15, 0.2) is 24.3 Å². The fourth-order valence-corrected chi connectivity index (χ4v) is 3.65. The van der Waals surface area contributed by atoms with Gasteiger partial charge >= 0.3 is 5.97 Å². The van der Waals surface area contributed by atoms with E-state index in [-0.39, 0.29) is 6.04 Å². The summed E-state index contributed by atoms with van der Waals surface area (Å²) in [6, 6.07) is 8.71. The van der Waals surface area contributed by atoms with Gasteiger partial charge in [0.1, 0.15) is 0 Å². The normalized spacial score (nSPS) is 25.3. The first kappa shape index (κ1) is 14.5. The molecule has 2 aliphatic heterocycles. The molecule has 0 aromatic heterocycles. The minimum atomic E-state index is -0.634. The molecule has 114 valence electrons. The molecular formula is C17H23NO3. The second-order valence-corrected chi connectivity index (χ2v) is 6.20. The first-order valence-corrected chi connectivity index (χ1v) is 7.79. The number of benzene rings is 1. The summed E-state index contributed by atoms with van der Waals surface area (Å²) < 4.78 is 5.73. The van der Waals surface area contributed by atoms with Crippen LogP contribution < -0.4 is 0 Å². The maximum absolute atomic E-state index is 11.5. The number of ether oxygens (including phenoxy) is 1. The monoisotopic (exact) mass is 289 g/mol. The molecule has 21 heavy (non-hydrogen) atoms. The van der Waals surface area contributed by atoms with Crippen molar-refractivity contribution in [3.8, 4) is 0 Å². The molecule has 2 heterocycles. The molecule has 1 saturated heterocycles. The Bertz CT molecular complexity index is 521. The highest BCUT2D eigenvalue weighted by Gasteiger charge is 2.41. The summed E-state index contributed by atoms with van der Waals surface area (Å²) in [6.45, 7) is 5.06. The Morgan fingerprint density at radius 2 is 2.10 bits per heavy atom. The lowest BCUT2D eigenvalue weighted by molar-refractivity contribution is -0.153. The third-order valence-corrected chi connectivity index (χ3v) is 5.27. The summed E-state index contributed by atoms with van der Waals surface area (Å²) >= 11 is 0. The van der Waals surface area contributed by atoms with Gasteiger partial charge < -0.3 is 9.84 Å². The van der Waals surface area contributed by atoms with Gasteiger partial charge in [-0.2, -0.15) is 0 Å². The number of likely N-dealkylation sites (tertiary alicyclic amines) is 1. The van der Waals surface area contributed by atoms with E-state index in [0.717, 1.165) is 25.9 Å². The van der Waals surface area contributed by atoms with Gasteiger partial charge in [0.15, 0.2) is 0 Å². The van der Waals surface area contributed by atoms with Crippen LogP contribution in [0, 0.1) is 5.41 Å². The number of aliphatic carboxylic acids is 1. The molecule has 0 aliphatic carbocycles. The van der Waals surface area contributed by atoms with Crippen LogP contribution in [0.3, 0.4) is 0 Å². The highest BCUT2D eigenvalue weighted by Crippen LogP contribution is 2.39. The molecular weight excluding hydrogens is 266 g/mol. The molecule has 0 amide bonds. The molecule has 1 atom stereocenters. The van der Waals surface area contributed by atoms with Gasteiger partial charge in [0, 0.05) is 0 Å². The van der Waals surface area contributed by atoms with E-state index in [1.807, 2.05) is 13.0 Å². The molecule has 1 unspecified atom stereocenters. The summed E-state index contributed by atoms with van der Waals surface area (Å²) in [5.74, 6) is -0.634. The van der Waals surface area contributed by atoms with Crippen molar-refractivity contribution >= 4 is 5.97 Å². The Balaban J connectivity index is 1.75. The van der Waals surface area contributed by atoms with Gasteiger partial charge in [-0.3, -0.25) is 9.69 Å². The average molecular weight is 289 g/mol. The van der Waals surface area contributed by atoms with Crippen LogP contribution in [0.5, 0.6) is 0 Å². The first-order chi connectivity index (χ1) is 10.2. The average Bonchev–Trinajstić information content (AvgIpc) is 2.54. The van der Waals surface area contributed by atoms with Crippen molar-refractivity contribution in [1.82, 2.24) is 4.90 Å². The second kappa shape index (κ2) is 5.78. The van der Waals surface area contributed by atoms with Gasteiger partial charge in [0.2, 0.25) is 0 Å². The maximum atomic E-state index is 11.5. The molecule has 1 aromatic carbocycles. The van der Waals surface area contributed by atoms with Crippen LogP contribution in [0.4, 0.5) is 0 Å². The SMILES string of the molecule is CCC1(C(=O)O)CCN(C2COCc3ccccc32)CC1. The molecule has 4 heteroatoms. The Hall–Kier alpha value is -1.39. The highest BCUT2D eigenvalue weighted by atomic mass is 16.5. The van der Waals surface area contributed by atoms with Crippen molar-refractivity contribution in [3.63, 3.8) is 0 Å². The number of piperidine rings is 1. The van der Waals surface area contributed by atoms with E-state index in [0.29, 0.717) is 19.6 Å². The van der Waals surface area contributed by atoms with Crippen LogP contribution in [-0.4, -0.2) is 35.7 Å². The van der Waals surface area contributed by atoms with Crippen molar-refractivity contribution in [2.75, 3.05) is 19.7 Å². The number of carboxylic acid groups (broad SMARTS) is 1. The fourth-order valence-electron chi connectivity index (χ4n) is 3.65. The smallest absolute Gasteiger partial charge is 0.309 e. The molecule has 0 saturated carbocycles. The molecule has 3 rings (SSSR count). The third-order valence-electron chi connectivity index (χ3n) is 5.27. The van der Waals surface area contributed by atoms with Gasteiger partial charge in [0.05, 0.1) is 24.7 Å². The van der Waals surface area contributed by atoms with E-state index in [4.69, 9.17) is 4.74 Å². The van der Waals surface area contributed by atoms with Gasteiger partial charge in [-0.05, 0) is 43.5 Å². The Morgan fingerprint density at radius 3 is 2.76 bits per heavy atom. The third kappa shape index (κ3) is 2.58. The Morgan fingerprint density at radius 1 is 1.38 bits per heavy atom. The highest BCUT2D eigenvalue weighted by molar-refractivity contribution is 5.74. The summed E-state index contributed by atoms with van der Waals surface area (Å²) in [5.41, 5.74) is 2.09. The zero-order chi connectivity index (χ0) is 14.9. The molecule has 1 aromatic rings. The molecule has 2 aliphatic rings. The summed E-state index contributed by atoms with van der Waals surface area (Å²) in [4.78, 5) is 13.9. The second-order valence-electron chi connectivity index (χ2n) is 6.20. The van der Waals surface area contributed by atoms with Crippen LogP contribution >= 0.6 is 0 Å². The molecule has 1 N–H and O–H groups in total. The lowest BCUT2D eigenvalue weighted by Gasteiger charge is -2.43. The van der Waals surface area contributed by atoms with E-state index in [1.165, 1.54) is 11.1 Å². The molecule has 0 spiro atoms. The molecule has 0 bridgehead atoms. The topological polar surface area (TPSA) is 49.8 Å². The van der Waals surface area contributed by atoms with Crippen molar-refractivity contribution in [3.05, 3.63) is 35.4 Å². The van der Waals surface area contributed by atoms with E-state index in [2.05, 4.69) is 23.1 Å². The summed E-state index contributed by atoms with van der Waals surface area (Å²) in [5, 5.41) is 9.50. The Labute approximate surface area is 125 Å². The largest absolute Gasteiger partial charge is 0.481 e. The van der Waals surface area contributed by atoms with Crippen LogP contribution in [-0.2, 0) is 16.1 Å². The number of nitrogens with zero attached hydrogens (tertiary/aromatic N) is 1. The number of rotatable bonds is 3. The van der Waals surface area contributed by atoms with Crippen molar-refractivity contribution in [1.29, 1.82) is 0 Å². The lowest BCUT2D eigenvalue weighted by Crippen LogP contribution is -2.46. The summed E-state index contributed by atoms with van der Waals surface area (Å²) in [7, 11) is 0. The predicted octanol–water partition coefficient (Wildman–Crippen LogP) is 2.83. The van der Waals surface area contributed by atoms with E-state index < -0.39 is 11.4 Å². The van der Waals surface area contributed by atoms with Crippen molar-refractivity contribution in [2.45, 2.75) is 38.8 Å². The minimum absolute atomic E-state index is 0.276. The quantitative estimate of drug-likeness (QED) is 0.929. The van der Waals surface area contributed by atoms with Crippen LogP contribution in [0.2, 0.25) is 0 Å². The number of carboxylic acids is 1. The number of hydrogen-bond donors (Lipinski definition) is 1. The number of hydrogen-bond acceptors (Lipinski definition) is 3. The van der Waals surface area contributed by atoms with Gasteiger partial charge in [-0.1, -0.05) is 31.2 Å². The van der Waals surface area contributed by atoms with Gasteiger partial charge in [-0.15, -0.1) is 0 Å². The van der Waals surface area contributed by atoms with Crippen LogP contribution in [0.1, 0.15) is 43.4 Å². The predicted molar refractivity (Wildman–Crippen MR) is 80.0 cm³/mol. The standard InChI is InChI=1S/C17H23NO3/c1-2-17(16(19)20)7-9-18(10-8-17)15-12-21-11-13-5-3-4-6-14(13)15/h3-6,15H,2,7-12H2,1H3,(H,19,20). The molecule has 1 fully saturated rings. The van der Waals surface area contributed by atoms with Crippen molar-refractivity contribution in [2.24, 2.45) is 5.41 Å². The van der Waals surface area contributed by atoms with E-state index in [1.54, 1.807) is 0 Å². The van der Waals surface area contributed by atoms with Gasteiger partial charge in [-0.25, -0.2) is 0 Å². The molecule has 0 radical (unpaired) electrons.